The van der Waals surface area contributed by atoms with E-state index in [0.29, 0.717) is 13.0 Å². The molecule has 2 aliphatic heterocycles. The molecule has 0 aliphatic carbocycles. The van der Waals surface area contributed by atoms with Crippen molar-refractivity contribution in [3.05, 3.63) is 46.4 Å². The molecule has 2 aromatic rings. The normalized spacial score (nSPS) is 19.0. The zero-order chi connectivity index (χ0) is 22.8. The highest BCUT2D eigenvalue weighted by Crippen LogP contribution is 2.32. The van der Waals surface area contributed by atoms with Crippen molar-refractivity contribution in [3.8, 4) is 5.75 Å². The number of hydrogen-bond acceptors (Lipinski definition) is 6. The Morgan fingerprint density at radius 1 is 1.22 bits per heavy atom. The van der Waals surface area contributed by atoms with Gasteiger partial charge in [0.05, 0.1) is 12.7 Å². The molecule has 1 amide bonds. The summed E-state index contributed by atoms with van der Waals surface area (Å²) in [6.45, 7) is 9.44. The molecule has 2 aliphatic rings. The number of carbonyl (C=O) groups excluding carboxylic acids is 1. The van der Waals surface area contributed by atoms with Gasteiger partial charge in [-0.3, -0.25) is 14.6 Å². The summed E-state index contributed by atoms with van der Waals surface area (Å²) in [5, 5.41) is 0. The number of ether oxygens (including phenoxy) is 2. The summed E-state index contributed by atoms with van der Waals surface area (Å²) in [6.07, 6.45) is 2.43. The van der Waals surface area contributed by atoms with Gasteiger partial charge in [0.2, 0.25) is 5.91 Å². The van der Waals surface area contributed by atoms with E-state index >= 15 is 0 Å². The van der Waals surface area contributed by atoms with Gasteiger partial charge >= 0.3 is 0 Å². The van der Waals surface area contributed by atoms with Gasteiger partial charge in [-0.25, -0.2) is 9.97 Å². The van der Waals surface area contributed by atoms with E-state index in [9.17, 15) is 4.79 Å². The van der Waals surface area contributed by atoms with Crippen LogP contribution in [-0.2, 0) is 29.1 Å². The molecule has 7 nitrogen and oxygen atoms in total. The van der Waals surface area contributed by atoms with Gasteiger partial charge in [-0.1, -0.05) is 6.07 Å². The van der Waals surface area contributed by atoms with E-state index in [2.05, 4.69) is 23.1 Å². The molecular formula is C25H34N4O3. The van der Waals surface area contributed by atoms with Crippen LogP contribution in [0.2, 0.25) is 0 Å². The van der Waals surface area contributed by atoms with Gasteiger partial charge in [0.15, 0.2) is 0 Å². The molecule has 0 spiro atoms. The SMILES string of the molecule is COCc1cc(CN2CC[C@@H](c3nc(C)c4c(n3)N(C)C(=O)CC4)C2)ccc1OC(C)C. The zero-order valence-electron chi connectivity index (χ0n) is 19.9. The van der Waals surface area contributed by atoms with Crippen LogP contribution in [0.5, 0.6) is 5.75 Å². The summed E-state index contributed by atoms with van der Waals surface area (Å²) >= 11 is 0. The third-order valence-corrected chi connectivity index (χ3v) is 6.32. The largest absolute Gasteiger partial charge is 0.491 e. The molecule has 0 radical (unpaired) electrons. The minimum Gasteiger partial charge on any atom is -0.491 e. The number of aromatic nitrogens is 2. The summed E-state index contributed by atoms with van der Waals surface area (Å²) in [7, 11) is 3.53. The van der Waals surface area contributed by atoms with Crippen LogP contribution in [0.15, 0.2) is 18.2 Å². The number of nitrogens with zero attached hydrogens (tertiary/aromatic N) is 4. The standard InChI is InChI=1S/C25H34N4O3/c1-16(2)32-22-8-6-18(12-20(22)15-31-5)13-29-11-10-19(14-29)24-26-17(3)21-7-9-23(30)28(4)25(21)27-24/h6,8,12,16,19H,7,9-11,13-15H2,1-5H3/t19-/m1/s1. The number of carbonyl (C=O) groups is 1. The molecule has 1 atom stereocenters. The minimum absolute atomic E-state index is 0.130. The van der Waals surface area contributed by atoms with Crippen LogP contribution in [0.4, 0.5) is 5.82 Å². The van der Waals surface area contributed by atoms with Gasteiger partial charge in [-0.2, -0.15) is 0 Å². The first-order valence-corrected chi connectivity index (χ1v) is 11.5. The molecular weight excluding hydrogens is 404 g/mol. The first-order chi connectivity index (χ1) is 15.4. The number of anilines is 1. The van der Waals surface area contributed by atoms with E-state index < -0.39 is 0 Å². The van der Waals surface area contributed by atoms with E-state index in [4.69, 9.17) is 19.4 Å². The average molecular weight is 439 g/mol. The zero-order valence-corrected chi connectivity index (χ0v) is 19.9. The first-order valence-electron chi connectivity index (χ1n) is 11.5. The highest BCUT2D eigenvalue weighted by molar-refractivity contribution is 5.94. The molecule has 3 heterocycles. The Hall–Kier alpha value is -2.51. The van der Waals surface area contributed by atoms with E-state index in [0.717, 1.165) is 66.7 Å². The molecule has 1 fully saturated rings. The summed E-state index contributed by atoms with van der Waals surface area (Å²) < 4.78 is 11.3. The van der Waals surface area contributed by atoms with Crippen molar-refractivity contribution in [1.82, 2.24) is 14.9 Å². The lowest BCUT2D eigenvalue weighted by molar-refractivity contribution is -0.118. The van der Waals surface area contributed by atoms with Crippen LogP contribution in [0.25, 0.3) is 0 Å². The van der Waals surface area contributed by atoms with E-state index in [1.165, 1.54) is 5.56 Å². The number of fused-ring (bicyclic) bond motifs is 1. The van der Waals surface area contributed by atoms with Crippen LogP contribution < -0.4 is 9.64 Å². The second kappa shape index (κ2) is 9.55. The third-order valence-electron chi connectivity index (χ3n) is 6.32. The maximum Gasteiger partial charge on any atom is 0.228 e. The molecule has 0 N–H and O–H groups in total. The van der Waals surface area contributed by atoms with Crippen molar-refractivity contribution in [3.63, 3.8) is 0 Å². The van der Waals surface area contributed by atoms with E-state index in [-0.39, 0.29) is 17.9 Å². The van der Waals surface area contributed by atoms with Gasteiger partial charge in [0, 0.05) is 56.4 Å². The lowest BCUT2D eigenvalue weighted by atomic mass is 10.0. The molecule has 32 heavy (non-hydrogen) atoms. The number of likely N-dealkylation sites (tertiary alicyclic amines) is 1. The summed E-state index contributed by atoms with van der Waals surface area (Å²) in [5.41, 5.74) is 4.45. The van der Waals surface area contributed by atoms with Crippen molar-refractivity contribution in [1.29, 1.82) is 0 Å². The Morgan fingerprint density at radius 3 is 2.78 bits per heavy atom. The highest BCUT2D eigenvalue weighted by atomic mass is 16.5. The Morgan fingerprint density at radius 2 is 2.03 bits per heavy atom. The molecule has 4 rings (SSSR count). The fraction of sp³-hybridized carbons (Fsp3) is 0.560. The molecule has 0 saturated carbocycles. The lowest BCUT2D eigenvalue weighted by Gasteiger charge is -2.26. The summed E-state index contributed by atoms with van der Waals surface area (Å²) in [6, 6.07) is 6.39. The van der Waals surface area contributed by atoms with E-state index in [1.807, 2.05) is 27.8 Å². The van der Waals surface area contributed by atoms with Crippen LogP contribution in [0.3, 0.4) is 0 Å². The number of rotatable bonds is 7. The smallest absolute Gasteiger partial charge is 0.228 e. The average Bonchev–Trinajstić information content (AvgIpc) is 3.21. The van der Waals surface area contributed by atoms with E-state index in [1.54, 1.807) is 12.0 Å². The first kappa shape index (κ1) is 22.7. The Bertz CT molecular complexity index is 991. The van der Waals surface area contributed by atoms with Gasteiger partial charge in [-0.05, 0) is 57.9 Å². The van der Waals surface area contributed by atoms with Crippen molar-refractivity contribution in [2.45, 2.75) is 65.2 Å². The second-order valence-electron chi connectivity index (χ2n) is 9.18. The molecule has 0 bridgehead atoms. The molecule has 0 unspecified atom stereocenters. The Balaban J connectivity index is 1.47. The van der Waals surface area contributed by atoms with Gasteiger partial charge in [-0.15, -0.1) is 0 Å². The number of methoxy groups -OCH3 is 1. The fourth-order valence-corrected chi connectivity index (χ4v) is 4.69. The van der Waals surface area contributed by atoms with Crippen molar-refractivity contribution in [2.24, 2.45) is 0 Å². The number of amides is 1. The highest BCUT2D eigenvalue weighted by Gasteiger charge is 2.30. The third kappa shape index (κ3) is 4.79. The summed E-state index contributed by atoms with van der Waals surface area (Å²) in [4.78, 5) is 26.0. The van der Waals surface area contributed by atoms with Crippen molar-refractivity contribution >= 4 is 11.7 Å². The number of aryl methyl sites for hydroxylation is 1. The van der Waals surface area contributed by atoms with Crippen molar-refractivity contribution in [2.75, 3.05) is 32.1 Å². The molecule has 7 heteroatoms. The number of hydrogen-bond donors (Lipinski definition) is 0. The Labute approximate surface area is 190 Å². The quantitative estimate of drug-likeness (QED) is 0.658. The second-order valence-corrected chi connectivity index (χ2v) is 9.18. The molecule has 1 saturated heterocycles. The maximum absolute atomic E-state index is 12.2. The van der Waals surface area contributed by atoms with Gasteiger partial charge < -0.3 is 9.47 Å². The van der Waals surface area contributed by atoms with Gasteiger partial charge in [0.25, 0.3) is 0 Å². The molecule has 172 valence electrons. The van der Waals surface area contributed by atoms with Gasteiger partial charge in [0.1, 0.15) is 17.4 Å². The van der Waals surface area contributed by atoms with Crippen LogP contribution >= 0.6 is 0 Å². The summed E-state index contributed by atoms with van der Waals surface area (Å²) in [5.74, 6) is 2.97. The predicted octanol–water partition coefficient (Wildman–Crippen LogP) is 3.62. The van der Waals surface area contributed by atoms with Crippen LogP contribution in [0.1, 0.15) is 60.8 Å². The Kier molecular flexibility index (Phi) is 6.76. The maximum atomic E-state index is 12.2. The molecule has 1 aromatic heterocycles. The van der Waals surface area contributed by atoms with Crippen LogP contribution in [0, 0.1) is 6.92 Å². The van der Waals surface area contributed by atoms with Crippen LogP contribution in [-0.4, -0.2) is 54.1 Å². The topological polar surface area (TPSA) is 67.8 Å². The lowest BCUT2D eigenvalue weighted by Crippen LogP contribution is -2.33. The predicted molar refractivity (Wildman–Crippen MR) is 124 cm³/mol. The fourth-order valence-electron chi connectivity index (χ4n) is 4.69. The minimum atomic E-state index is 0.130. The number of benzene rings is 1. The monoisotopic (exact) mass is 438 g/mol. The van der Waals surface area contributed by atoms with Crippen molar-refractivity contribution < 1.29 is 14.3 Å². The molecule has 1 aromatic carbocycles.